The number of nitrogens with one attached hydrogen (secondary N) is 1. The third-order valence-corrected chi connectivity index (χ3v) is 3.03. The van der Waals surface area contributed by atoms with E-state index in [4.69, 9.17) is 0 Å². The summed E-state index contributed by atoms with van der Waals surface area (Å²) in [4.78, 5) is 11.7. The Morgan fingerprint density at radius 2 is 1.95 bits per heavy atom. The minimum absolute atomic E-state index is 0.0295. The molecule has 1 aromatic carbocycles. The van der Waals surface area contributed by atoms with Crippen LogP contribution in [0, 0.1) is 5.92 Å². The molecular weight excluding hydrogens is 264 g/mol. The largest absolute Gasteiger partial charge is 0.435 e. The number of alkyl halides is 2. The van der Waals surface area contributed by atoms with Gasteiger partial charge in [0.2, 0.25) is 5.91 Å². The summed E-state index contributed by atoms with van der Waals surface area (Å²) >= 11 is 0. The van der Waals surface area contributed by atoms with Crippen molar-refractivity contribution >= 4 is 5.91 Å². The minimum atomic E-state index is -2.81. The lowest BCUT2D eigenvalue weighted by Gasteiger charge is -2.11. The van der Waals surface area contributed by atoms with Crippen LogP contribution in [0.1, 0.15) is 32.3 Å². The van der Waals surface area contributed by atoms with E-state index < -0.39 is 6.61 Å². The lowest BCUT2D eigenvalue weighted by Crippen LogP contribution is -2.30. The fourth-order valence-corrected chi connectivity index (χ4v) is 1.91. The van der Waals surface area contributed by atoms with E-state index in [0.29, 0.717) is 13.0 Å². The summed E-state index contributed by atoms with van der Waals surface area (Å²) in [6.45, 7) is 1.70. The van der Waals surface area contributed by atoms with Gasteiger partial charge in [-0.1, -0.05) is 32.4 Å². The highest BCUT2D eigenvalue weighted by Crippen LogP contribution is 2.15. The van der Waals surface area contributed by atoms with Crippen molar-refractivity contribution in [2.75, 3.05) is 6.54 Å². The number of hydrogen-bond donors (Lipinski definition) is 1. The second-order valence-corrected chi connectivity index (χ2v) is 4.75. The molecule has 112 valence electrons. The normalized spacial score (nSPS) is 12.2. The third kappa shape index (κ3) is 5.99. The molecule has 20 heavy (non-hydrogen) atoms. The van der Waals surface area contributed by atoms with Gasteiger partial charge in [-0.2, -0.15) is 8.78 Å². The highest BCUT2D eigenvalue weighted by Gasteiger charge is 2.10. The monoisotopic (exact) mass is 285 g/mol. The number of hydrogen-bond acceptors (Lipinski definition) is 2. The molecule has 1 amide bonds. The molecule has 0 spiro atoms. The molecule has 0 saturated heterocycles. The first-order valence-electron chi connectivity index (χ1n) is 6.84. The zero-order valence-corrected chi connectivity index (χ0v) is 11.9. The Kier molecular flexibility index (Phi) is 6.98. The van der Waals surface area contributed by atoms with Crippen LogP contribution in [0.15, 0.2) is 24.3 Å². The fraction of sp³-hybridized carbons (Fsp3) is 0.533. The van der Waals surface area contributed by atoms with Crippen LogP contribution in [0.3, 0.4) is 0 Å². The summed E-state index contributed by atoms with van der Waals surface area (Å²) in [5.41, 5.74) is 0.968. The zero-order chi connectivity index (χ0) is 15.0. The molecule has 0 saturated carbocycles. The van der Waals surface area contributed by atoms with Crippen LogP contribution >= 0.6 is 0 Å². The van der Waals surface area contributed by atoms with E-state index in [1.165, 1.54) is 12.1 Å². The summed E-state index contributed by atoms with van der Waals surface area (Å²) in [6.07, 6.45) is 2.53. The smallest absolute Gasteiger partial charge is 0.387 e. The van der Waals surface area contributed by atoms with Gasteiger partial charge in [0, 0.05) is 12.5 Å². The molecule has 0 aliphatic heterocycles. The van der Waals surface area contributed by atoms with Gasteiger partial charge in [0.15, 0.2) is 0 Å². The molecule has 0 aliphatic carbocycles. The van der Waals surface area contributed by atoms with Crippen molar-refractivity contribution in [2.24, 2.45) is 5.92 Å². The summed E-state index contributed by atoms with van der Waals surface area (Å²) in [5, 5.41) is 2.87. The summed E-state index contributed by atoms with van der Waals surface area (Å²) in [7, 11) is 0. The van der Waals surface area contributed by atoms with Crippen LogP contribution in [0.2, 0.25) is 0 Å². The Hall–Kier alpha value is -1.65. The summed E-state index contributed by atoms with van der Waals surface area (Å²) in [6, 6.07) is 6.45. The van der Waals surface area contributed by atoms with Gasteiger partial charge in [-0.15, -0.1) is 0 Å². The first-order valence-corrected chi connectivity index (χ1v) is 6.84. The standard InChI is InChI=1S/C15H21F2NO2/c1-3-4-11(2)14(19)18-10-9-12-5-7-13(8-6-12)20-15(16)17/h5-8,11,15H,3-4,9-10H2,1-2H3,(H,18,19). The fourth-order valence-electron chi connectivity index (χ4n) is 1.91. The van der Waals surface area contributed by atoms with Crippen molar-refractivity contribution in [1.29, 1.82) is 0 Å². The number of carbonyl (C=O) groups is 1. The van der Waals surface area contributed by atoms with Crippen LogP contribution in [-0.4, -0.2) is 19.1 Å². The highest BCUT2D eigenvalue weighted by molar-refractivity contribution is 5.78. The molecular formula is C15H21F2NO2. The molecule has 1 N–H and O–H groups in total. The van der Waals surface area contributed by atoms with E-state index >= 15 is 0 Å². The minimum Gasteiger partial charge on any atom is -0.435 e. The van der Waals surface area contributed by atoms with Crippen molar-refractivity contribution in [3.05, 3.63) is 29.8 Å². The van der Waals surface area contributed by atoms with E-state index in [1.54, 1.807) is 12.1 Å². The van der Waals surface area contributed by atoms with Crippen molar-refractivity contribution in [2.45, 2.75) is 39.7 Å². The molecule has 1 atom stereocenters. The predicted molar refractivity (Wildman–Crippen MR) is 73.9 cm³/mol. The maximum atomic E-state index is 12.0. The molecule has 1 unspecified atom stereocenters. The molecule has 3 nitrogen and oxygen atoms in total. The molecule has 0 aromatic heterocycles. The molecule has 5 heteroatoms. The SMILES string of the molecule is CCCC(C)C(=O)NCCc1ccc(OC(F)F)cc1. The number of ether oxygens (including phenoxy) is 1. The van der Waals surface area contributed by atoms with Gasteiger partial charge in [0.1, 0.15) is 5.75 Å². The van der Waals surface area contributed by atoms with Gasteiger partial charge in [0.25, 0.3) is 0 Å². The van der Waals surface area contributed by atoms with E-state index in [-0.39, 0.29) is 17.6 Å². The number of carbonyl (C=O) groups excluding carboxylic acids is 1. The second kappa shape index (κ2) is 8.51. The zero-order valence-electron chi connectivity index (χ0n) is 11.9. The van der Waals surface area contributed by atoms with Crippen LogP contribution < -0.4 is 10.1 Å². The average Bonchev–Trinajstić information content (AvgIpc) is 2.40. The van der Waals surface area contributed by atoms with E-state index in [9.17, 15) is 13.6 Å². The van der Waals surface area contributed by atoms with Crippen molar-refractivity contribution in [3.63, 3.8) is 0 Å². The van der Waals surface area contributed by atoms with Crippen molar-refractivity contribution in [1.82, 2.24) is 5.32 Å². The Morgan fingerprint density at radius 1 is 1.30 bits per heavy atom. The Labute approximate surface area is 118 Å². The van der Waals surface area contributed by atoms with E-state index in [0.717, 1.165) is 18.4 Å². The third-order valence-electron chi connectivity index (χ3n) is 3.03. The van der Waals surface area contributed by atoms with E-state index in [2.05, 4.69) is 10.1 Å². The van der Waals surface area contributed by atoms with Gasteiger partial charge in [-0.25, -0.2) is 0 Å². The Balaban J connectivity index is 2.33. The second-order valence-electron chi connectivity index (χ2n) is 4.75. The number of amides is 1. The molecule has 1 aromatic rings. The van der Waals surface area contributed by atoms with E-state index in [1.807, 2.05) is 13.8 Å². The lowest BCUT2D eigenvalue weighted by atomic mass is 10.1. The summed E-state index contributed by atoms with van der Waals surface area (Å²) < 4.78 is 28.2. The molecule has 0 radical (unpaired) electrons. The van der Waals surface area contributed by atoms with Crippen LogP contribution in [0.5, 0.6) is 5.75 Å². The van der Waals surface area contributed by atoms with Gasteiger partial charge >= 0.3 is 6.61 Å². The van der Waals surface area contributed by atoms with Crippen molar-refractivity contribution in [3.8, 4) is 5.75 Å². The molecule has 0 fully saturated rings. The maximum absolute atomic E-state index is 12.0. The highest BCUT2D eigenvalue weighted by atomic mass is 19.3. The number of rotatable bonds is 8. The number of halogens is 2. The van der Waals surface area contributed by atoms with Crippen LogP contribution in [-0.2, 0) is 11.2 Å². The maximum Gasteiger partial charge on any atom is 0.387 e. The van der Waals surface area contributed by atoms with Gasteiger partial charge < -0.3 is 10.1 Å². The van der Waals surface area contributed by atoms with Crippen LogP contribution in [0.25, 0.3) is 0 Å². The molecule has 1 rings (SSSR count). The molecule has 0 aliphatic rings. The molecule has 0 heterocycles. The van der Waals surface area contributed by atoms with Crippen molar-refractivity contribution < 1.29 is 18.3 Å². The van der Waals surface area contributed by atoms with Gasteiger partial charge in [-0.05, 0) is 30.5 Å². The summed E-state index contributed by atoms with van der Waals surface area (Å²) in [5.74, 6) is 0.232. The molecule has 0 bridgehead atoms. The Bertz CT molecular complexity index is 407. The first-order chi connectivity index (χ1) is 9.52. The quantitative estimate of drug-likeness (QED) is 0.795. The number of benzene rings is 1. The lowest BCUT2D eigenvalue weighted by molar-refractivity contribution is -0.124. The predicted octanol–water partition coefficient (Wildman–Crippen LogP) is 3.38. The topological polar surface area (TPSA) is 38.3 Å². The Morgan fingerprint density at radius 3 is 2.50 bits per heavy atom. The average molecular weight is 285 g/mol. The van der Waals surface area contributed by atoms with Gasteiger partial charge in [0.05, 0.1) is 0 Å². The van der Waals surface area contributed by atoms with Crippen LogP contribution in [0.4, 0.5) is 8.78 Å². The van der Waals surface area contributed by atoms with Gasteiger partial charge in [-0.3, -0.25) is 4.79 Å². The first kappa shape index (κ1) is 16.4.